The number of carbonyl (C=O) groups excluding carboxylic acids is 2. The van der Waals surface area contributed by atoms with Gasteiger partial charge in [-0.2, -0.15) is 0 Å². The first-order valence-corrected chi connectivity index (χ1v) is 8.53. The van der Waals surface area contributed by atoms with Gasteiger partial charge in [0.1, 0.15) is 5.58 Å². The fourth-order valence-electron chi connectivity index (χ4n) is 2.57. The van der Waals surface area contributed by atoms with Crippen LogP contribution in [0.1, 0.15) is 26.5 Å². The number of rotatable bonds is 4. The second kappa shape index (κ2) is 7.11. The molecule has 1 heterocycles. The average Bonchev–Trinajstić information content (AvgIpc) is 3.06. The summed E-state index contributed by atoms with van der Waals surface area (Å²) >= 11 is 3.42. The van der Waals surface area contributed by atoms with Crippen LogP contribution in [0, 0.1) is 0 Å². The molecule has 25 heavy (non-hydrogen) atoms. The van der Waals surface area contributed by atoms with Crippen LogP contribution in [0.2, 0.25) is 0 Å². The van der Waals surface area contributed by atoms with Crippen molar-refractivity contribution in [1.82, 2.24) is 10.2 Å². The lowest BCUT2D eigenvalue weighted by Crippen LogP contribution is -2.25. The minimum Gasteiger partial charge on any atom is -0.450 e. The summed E-state index contributed by atoms with van der Waals surface area (Å²) in [5.74, 6) is -0.0336. The van der Waals surface area contributed by atoms with Gasteiger partial charge < -0.3 is 14.6 Å². The predicted octanol–water partition coefficient (Wildman–Crippen LogP) is 3.83. The van der Waals surface area contributed by atoms with E-state index in [2.05, 4.69) is 21.2 Å². The van der Waals surface area contributed by atoms with Gasteiger partial charge in [0.25, 0.3) is 11.8 Å². The Morgan fingerprint density at radius 2 is 1.88 bits per heavy atom. The van der Waals surface area contributed by atoms with E-state index in [1.165, 1.54) is 0 Å². The second-order valence-electron chi connectivity index (χ2n) is 5.71. The van der Waals surface area contributed by atoms with Gasteiger partial charge in [0, 0.05) is 31.6 Å². The maximum absolute atomic E-state index is 12.6. The SMILES string of the molecule is CNC(=O)c1ccc(CN(C)C(=O)c2cc3cccc(Br)c3o2)cc1. The van der Waals surface area contributed by atoms with Crippen molar-refractivity contribution in [2.24, 2.45) is 0 Å². The van der Waals surface area contributed by atoms with E-state index in [0.717, 1.165) is 15.4 Å². The molecule has 1 N–H and O–H groups in total. The molecule has 0 fully saturated rings. The van der Waals surface area contributed by atoms with E-state index >= 15 is 0 Å². The number of halogens is 1. The largest absolute Gasteiger partial charge is 0.450 e. The Balaban J connectivity index is 1.75. The average molecular weight is 401 g/mol. The topological polar surface area (TPSA) is 62.6 Å². The maximum atomic E-state index is 12.6. The highest BCUT2D eigenvalue weighted by Gasteiger charge is 2.18. The monoisotopic (exact) mass is 400 g/mol. The van der Waals surface area contributed by atoms with Gasteiger partial charge in [0.15, 0.2) is 5.76 Å². The Bertz CT molecular complexity index is 931. The van der Waals surface area contributed by atoms with Gasteiger partial charge >= 0.3 is 0 Å². The minimum atomic E-state index is -0.196. The van der Waals surface area contributed by atoms with Crippen LogP contribution < -0.4 is 5.32 Å². The van der Waals surface area contributed by atoms with Gasteiger partial charge in [-0.05, 0) is 45.8 Å². The van der Waals surface area contributed by atoms with Gasteiger partial charge in [0.05, 0.1) is 4.47 Å². The molecule has 3 rings (SSSR count). The van der Waals surface area contributed by atoms with Crippen molar-refractivity contribution >= 4 is 38.7 Å². The number of hydrogen-bond acceptors (Lipinski definition) is 3. The van der Waals surface area contributed by atoms with E-state index in [9.17, 15) is 9.59 Å². The number of furan rings is 1. The third-order valence-corrected chi connectivity index (χ3v) is 4.54. The summed E-state index contributed by atoms with van der Waals surface area (Å²) in [4.78, 5) is 25.7. The molecule has 0 aliphatic heterocycles. The van der Waals surface area contributed by atoms with E-state index in [4.69, 9.17) is 4.42 Å². The molecule has 0 aliphatic rings. The summed E-state index contributed by atoms with van der Waals surface area (Å²) < 4.78 is 6.51. The highest BCUT2D eigenvalue weighted by Crippen LogP contribution is 2.27. The number of amides is 2. The van der Waals surface area contributed by atoms with Crippen LogP contribution in [-0.2, 0) is 6.54 Å². The van der Waals surface area contributed by atoms with E-state index < -0.39 is 0 Å². The van der Waals surface area contributed by atoms with Crippen LogP contribution in [-0.4, -0.2) is 30.8 Å². The summed E-state index contributed by atoms with van der Waals surface area (Å²) in [7, 11) is 3.31. The van der Waals surface area contributed by atoms with Gasteiger partial charge in [0.2, 0.25) is 0 Å². The van der Waals surface area contributed by atoms with Crippen molar-refractivity contribution in [3.8, 4) is 0 Å². The Kier molecular flexibility index (Phi) is 4.90. The standard InChI is InChI=1S/C19H17BrN2O3/c1-21-18(23)13-8-6-12(7-9-13)11-22(2)19(24)16-10-14-4-3-5-15(20)17(14)25-16/h3-10H,11H2,1-2H3,(H,21,23). The molecule has 2 amide bonds. The molecule has 0 bridgehead atoms. The second-order valence-corrected chi connectivity index (χ2v) is 6.56. The smallest absolute Gasteiger partial charge is 0.289 e. The number of carbonyl (C=O) groups is 2. The molecule has 6 heteroatoms. The first-order chi connectivity index (χ1) is 12.0. The summed E-state index contributed by atoms with van der Waals surface area (Å²) in [6.07, 6.45) is 0. The number of para-hydroxylation sites is 1. The van der Waals surface area contributed by atoms with Crippen molar-refractivity contribution in [2.45, 2.75) is 6.54 Å². The Hall–Kier alpha value is -2.60. The first kappa shape index (κ1) is 17.2. The zero-order valence-electron chi connectivity index (χ0n) is 13.9. The molecule has 0 saturated heterocycles. The molecule has 1 aromatic heterocycles. The molecular weight excluding hydrogens is 384 g/mol. The molecule has 0 unspecified atom stereocenters. The highest BCUT2D eigenvalue weighted by atomic mass is 79.9. The minimum absolute atomic E-state index is 0.135. The molecular formula is C19H17BrN2O3. The summed E-state index contributed by atoms with van der Waals surface area (Å²) in [5.41, 5.74) is 2.18. The summed E-state index contributed by atoms with van der Waals surface area (Å²) in [6.45, 7) is 0.422. The summed E-state index contributed by atoms with van der Waals surface area (Å²) in [6, 6.07) is 14.6. The van der Waals surface area contributed by atoms with Crippen LogP contribution in [0.4, 0.5) is 0 Å². The molecule has 0 radical (unpaired) electrons. The molecule has 0 aliphatic carbocycles. The molecule has 0 spiro atoms. The Morgan fingerprint density at radius 3 is 2.52 bits per heavy atom. The van der Waals surface area contributed by atoms with Crippen molar-refractivity contribution < 1.29 is 14.0 Å². The number of fused-ring (bicyclic) bond motifs is 1. The molecule has 128 valence electrons. The molecule has 0 saturated carbocycles. The number of nitrogens with zero attached hydrogens (tertiary/aromatic N) is 1. The number of hydrogen-bond donors (Lipinski definition) is 1. The van der Waals surface area contributed by atoms with E-state index in [1.807, 2.05) is 30.3 Å². The van der Waals surface area contributed by atoms with Gasteiger partial charge in [-0.25, -0.2) is 0 Å². The molecule has 5 nitrogen and oxygen atoms in total. The van der Waals surface area contributed by atoms with Gasteiger partial charge in [-0.1, -0.05) is 24.3 Å². The van der Waals surface area contributed by atoms with Gasteiger partial charge in [-0.15, -0.1) is 0 Å². The fourth-order valence-corrected chi connectivity index (χ4v) is 3.04. The number of nitrogens with one attached hydrogen (secondary N) is 1. The Morgan fingerprint density at radius 1 is 1.16 bits per heavy atom. The highest BCUT2D eigenvalue weighted by molar-refractivity contribution is 9.10. The van der Waals surface area contributed by atoms with Crippen LogP contribution in [0.5, 0.6) is 0 Å². The van der Waals surface area contributed by atoms with E-state index in [-0.39, 0.29) is 11.8 Å². The van der Waals surface area contributed by atoms with Crippen LogP contribution in [0.3, 0.4) is 0 Å². The lowest BCUT2D eigenvalue weighted by Gasteiger charge is -2.16. The maximum Gasteiger partial charge on any atom is 0.289 e. The van der Waals surface area contributed by atoms with Crippen molar-refractivity contribution in [2.75, 3.05) is 14.1 Å². The van der Waals surface area contributed by atoms with E-state index in [1.54, 1.807) is 37.2 Å². The fraction of sp³-hybridized carbons (Fsp3) is 0.158. The van der Waals surface area contributed by atoms with Crippen molar-refractivity contribution in [3.05, 3.63) is 69.9 Å². The third kappa shape index (κ3) is 3.58. The zero-order chi connectivity index (χ0) is 18.0. The van der Waals surface area contributed by atoms with Crippen molar-refractivity contribution in [3.63, 3.8) is 0 Å². The quantitative estimate of drug-likeness (QED) is 0.723. The molecule has 0 atom stereocenters. The van der Waals surface area contributed by atoms with Crippen LogP contribution >= 0.6 is 15.9 Å². The van der Waals surface area contributed by atoms with Crippen LogP contribution in [0.15, 0.2) is 57.4 Å². The third-order valence-electron chi connectivity index (χ3n) is 3.92. The lowest BCUT2D eigenvalue weighted by atomic mass is 10.1. The zero-order valence-corrected chi connectivity index (χ0v) is 15.5. The predicted molar refractivity (Wildman–Crippen MR) is 99.5 cm³/mol. The lowest BCUT2D eigenvalue weighted by molar-refractivity contribution is 0.0755. The number of benzene rings is 2. The van der Waals surface area contributed by atoms with Crippen molar-refractivity contribution in [1.29, 1.82) is 0 Å². The van der Waals surface area contributed by atoms with Gasteiger partial charge in [-0.3, -0.25) is 9.59 Å². The van der Waals surface area contributed by atoms with Crippen LogP contribution in [0.25, 0.3) is 11.0 Å². The Labute approximate surface area is 153 Å². The normalized spacial score (nSPS) is 10.7. The molecule has 2 aromatic carbocycles. The summed E-state index contributed by atoms with van der Waals surface area (Å²) in [5, 5.41) is 3.45. The first-order valence-electron chi connectivity index (χ1n) is 7.74. The molecule has 3 aromatic rings. The van der Waals surface area contributed by atoms with E-state index in [0.29, 0.717) is 23.5 Å².